The zero-order valence-corrected chi connectivity index (χ0v) is 14.2. The fraction of sp³-hybridized carbons (Fsp3) is 0.579. The number of amides is 1. The number of carbonyl (C=O) groups excluding carboxylic acids is 1. The first-order chi connectivity index (χ1) is 11.7. The Morgan fingerprint density at radius 2 is 2.00 bits per heavy atom. The molecule has 24 heavy (non-hydrogen) atoms. The monoisotopic (exact) mass is 327 g/mol. The average Bonchev–Trinajstić information content (AvgIpc) is 3.02. The van der Waals surface area contributed by atoms with E-state index < -0.39 is 0 Å². The third-order valence-electron chi connectivity index (χ3n) is 5.19. The first-order valence-electron chi connectivity index (χ1n) is 8.73. The molecule has 128 valence electrons. The average molecular weight is 327 g/mol. The second-order valence-corrected chi connectivity index (χ2v) is 6.76. The molecule has 2 aliphatic heterocycles. The van der Waals surface area contributed by atoms with E-state index >= 15 is 0 Å². The predicted molar refractivity (Wildman–Crippen MR) is 91.3 cm³/mol. The quantitative estimate of drug-likeness (QED) is 0.847. The Morgan fingerprint density at radius 1 is 1.29 bits per heavy atom. The van der Waals surface area contributed by atoms with E-state index in [2.05, 4.69) is 17.9 Å². The van der Waals surface area contributed by atoms with Crippen LogP contribution >= 0.6 is 0 Å². The molecule has 0 aromatic heterocycles. The van der Waals surface area contributed by atoms with Gasteiger partial charge in [-0.3, -0.25) is 9.69 Å². The number of carbonyl (C=O) groups is 1. The van der Waals surface area contributed by atoms with Gasteiger partial charge in [0.15, 0.2) is 0 Å². The molecule has 0 radical (unpaired) electrons. The fourth-order valence-electron chi connectivity index (χ4n) is 3.86. The number of morpholine rings is 1. The summed E-state index contributed by atoms with van der Waals surface area (Å²) in [6.45, 7) is 7.19. The molecule has 3 atom stereocenters. The van der Waals surface area contributed by atoms with E-state index in [9.17, 15) is 4.79 Å². The highest BCUT2D eigenvalue weighted by Gasteiger charge is 2.38. The highest BCUT2D eigenvalue weighted by Crippen LogP contribution is 2.28. The lowest BCUT2D eigenvalue weighted by molar-refractivity contribution is -0.132. The van der Waals surface area contributed by atoms with Gasteiger partial charge >= 0.3 is 0 Å². The Bertz CT molecular complexity index is 592. The van der Waals surface area contributed by atoms with Gasteiger partial charge in [0.05, 0.1) is 31.6 Å². The largest absolute Gasteiger partial charge is 0.379 e. The highest BCUT2D eigenvalue weighted by molar-refractivity contribution is 5.84. The van der Waals surface area contributed by atoms with Gasteiger partial charge in [0.2, 0.25) is 5.91 Å². The minimum atomic E-state index is -0.355. The lowest BCUT2D eigenvalue weighted by Crippen LogP contribution is -2.47. The Labute approximate surface area is 143 Å². The van der Waals surface area contributed by atoms with Crippen molar-refractivity contribution in [3.05, 3.63) is 35.9 Å². The van der Waals surface area contributed by atoms with E-state index in [1.807, 2.05) is 35.2 Å². The van der Waals surface area contributed by atoms with Crippen LogP contribution in [-0.2, 0) is 9.53 Å². The molecule has 2 aliphatic rings. The molecular weight excluding hydrogens is 302 g/mol. The van der Waals surface area contributed by atoms with E-state index in [1.165, 1.54) is 0 Å². The number of hydrogen-bond donors (Lipinski definition) is 0. The number of nitrogens with zero attached hydrogens (tertiary/aromatic N) is 3. The number of hydrogen-bond acceptors (Lipinski definition) is 4. The molecule has 0 bridgehead atoms. The van der Waals surface area contributed by atoms with Crippen LogP contribution in [0.1, 0.15) is 24.8 Å². The lowest BCUT2D eigenvalue weighted by Gasteiger charge is -2.34. The summed E-state index contributed by atoms with van der Waals surface area (Å²) in [5.41, 5.74) is 0.937. The minimum Gasteiger partial charge on any atom is -0.379 e. The van der Waals surface area contributed by atoms with Crippen LogP contribution in [-0.4, -0.2) is 61.1 Å². The van der Waals surface area contributed by atoms with E-state index in [1.54, 1.807) is 0 Å². The number of ether oxygens (including phenoxy) is 1. The van der Waals surface area contributed by atoms with E-state index in [0.29, 0.717) is 12.0 Å². The number of rotatable bonds is 4. The first-order valence-corrected chi connectivity index (χ1v) is 8.73. The fourth-order valence-corrected chi connectivity index (χ4v) is 3.86. The maximum absolute atomic E-state index is 13.0. The first kappa shape index (κ1) is 16.9. The summed E-state index contributed by atoms with van der Waals surface area (Å²) in [5, 5.41) is 9.15. The Morgan fingerprint density at radius 3 is 2.67 bits per heavy atom. The van der Waals surface area contributed by atoms with Crippen LogP contribution in [0.4, 0.5) is 0 Å². The molecule has 0 N–H and O–H groups in total. The van der Waals surface area contributed by atoms with Gasteiger partial charge in [0, 0.05) is 32.2 Å². The molecule has 1 aromatic rings. The molecule has 5 heteroatoms. The maximum Gasteiger partial charge on any atom is 0.231 e. The standard InChI is InChI=1S/C19H25N3O2/c1-15-13-22(14-18(15)21-9-11-24-12-10-21)19(23)17(7-8-20)16-5-3-2-4-6-16/h2-6,15,17-18H,7,9-14H2,1H3/t15-,17-,18-/m1/s1. The summed E-state index contributed by atoms with van der Waals surface area (Å²) in [5.74, 6) is 0.183. The van der Waals surface area contributed by atoms with Crippen LogP contribution in [0.15, 0.2) is 30.3 Å². The van der Waals surface area contributed by atoms with Gasteiger partial charge < -0.3 is 9.64 Å². The van der Waals surface area contributed by atoms with Crippen LogP contribution < -0.4 is 0 Å². The molecule has 5 nitrogen and oxygen atoms in total. The van der Waals surface area contributed by atoms with Crippen molar-refractivity contribution in [2.45, 2.75) is 25.3 Å². The molecule has 0 spiro atoms. The van der Waals surface area contributed by atoms with Gasteiger partial charge in [0.1, 0.15) is 0 Å². The van der Waals surface area contributed by atoms with Gasteiger partial charge in [-0.05, 0) is 11.5 Å². The SMILES string of the molecule is C[C@@H]1CN(C(=O)[C@H](CC#N)c2ccccc2)C[C@H]1N1CCOCC1. The normalized spacial score (nSPS) is 26.1. The molecule has 3 rings (SSSR count). The highest BCUT2D eigenvalue weighted by atomic mass is 16.5. The molecular formula is C19H25N3O2. The number of likely N-dealkylation sites (tertiary alicyclic amines) is 1. The van der Waals surface area contributed by atoms with Gasteiger partial charge in [-0.25, -0.2) is 0 Å². The van der Waals surface area contributed by atoms with Gasteiger partial charge in [-0.15, -0.1) is 0 Å². The predicted octanol–water partition coefficient (Wildman–Crippen LogP) is 1.86. The Hall–Kier alpha value is -1.90. The van der Waals surface area contributed by atoms with Gasteiger partial charge in [-0.2, -0.15) is 5.26 Å². The van der Waals surface area contributed by atoms with Crippen molar-refractivity contribution in [2.24, 2.45) is 5.92 Å². The lowest BCUT2D eigenvalue weighted by atomic mass is 9.95. The second kappa shape index (κ2) is 7.78. The summed E-state index contributed by atoms with van der Waals surface area (Å²) in [6.07, 6.45) is 0.232. The molecule has 2 saturated heterocycles. The van der Waals surface area contributed by atoms with E-state index in [-0.39, 0.29) is 18.2 Å². The number of nitriles is 1. The molecule has 1 aromatic carbocycles. The van der Waals surface area contributed by atoms with E-state index in [4.69, 9.17) is 10.00 Å². The van der Waals surface area contributed by atoms with Crippen molar-refractivity contribution in [1.82, 2.24) is 9.80 Å². The summed E-state index contributed by atoms with van der Waals surface area (Å²) in [7, 11) is 0. The molecule has 1 amide bonds. The summed E-state index contributed by atoms with van der Waals surface area (Å²) >= 11 is 0. The minimum absolute atomic E-state index is 0.0883. The number of benzene rings is 1. The maximum atomic E-state index is 13.0. The van der Waals surface area contributed by atoms with Crippen molar-refractivity contribution >= 4 is 5.91 Å². The van der Waals surface area contributed by atoms with Gasteiger partial charge in [0.25, 0.3) is 0 Å². The summed E-state index contributed by atoms with van der Waals surface area (Å²) < 4.78 is 5.44. The zero-order chi connectivity index (χ0) is 16.9. The van der Waals surface area contributed by atoms with Crippen molar-refractivity contribution in [3.63, 3.8) is 0 Å². The van der Waals surface area contributed by atoms with Crippen molar-refractivity contribution in [2.75, 3.05) is 39.4 Å². The third kappa shape index (κ3) is 3.61. The van der Waals surface area contributed by atoms with Crippen LogP contribution in [0.5, 0.6) is 0 Å². The van der Waals surface area contributed by atoms with Crippen LogP contribution in [0.25, 0.3) is 0 Å². The van der Waals surface area contributed by atoms with Crippen LogP contribution in [0.2, 0.25) is 0 Å². The zero-order valence-electron chi connectivity index (χ0n) is 14.2. The molecule has 0 aliphatic carbocycles. The second-order valence-electron chi connectivity index (χ2n) is 6.76. The van der Waals surface area contributed by atoms with E-state index in [0.717, 1.165) is 45.0 Å². The Balaban J connectivity index is 1.71. The topological polar surface area (TPSA) is 56.6 Å². The molecule has 0 saturated carbocycles. The molecule has 0 unspecified atom stereocenters. The summed E-state index contributed by atoms with van der Waals surface area (Å²) in [4.78, 5) is 17.4. The van der Waals surface area contributed by atoms with Crippen molar-refractivity contribution in [1.29, 1.82) is 5.26 Å². The van der Waals surface area contributed by atoms with Crippen molar-refractivity contribution < 1.29 is 9.53 Å². The molecule has 2 heterocycles. The third-order valence-corrected chi connectivity index (χ3v) is 5.19. The van der Waals surface area contributed by atoms with Gasteiger partial charge in [-0.1, -0.05) is 37.3 Å². The smallest absolute Gasteiger partial charge is 0.231 e. The van der Waals surface area contributed by atoms with Crippen LogP contribution in [0, 0.1) is 17.2 Å². The van der Waals surface area contributed by atoms with Crippen LogP contribution in [0.3, 0.4) is 0 Å². The Kier molecular flexibility index (Phi) is 5.49. The summed E-state index contributed by atoms with van der Waals surface area (Å²) in [6, 6.07) is 12.3. The van der Waals surface area contributed by atoms with Crippen molar-refractivity contribution in [3.8, 4) is 6.07 Å². The molecule has 2 fully saturated rings.